The van der Waals surface area contributed by atoms with E-state index in [1.54, 1.807) is 10.9 Å². The van der Waals surface area contributed by atoms with Gasteiger partial charge in [-0.2, -0.15) is 0 Å². The summed E-state index contributed by atoms with van der Waals surface area (Å²) in [5.41, 5.74) is 0.522. The molecule has 0 spiro atoms. The molecule has 0 saturated carbocycles. The van der Waals surface area contributed by atoms with Crippen LogP contribution in [-0.4, -0.2) is 85.5 Å². The molecule has 1 aromatic rings. The number of aromatic nitrogens is 3. The summed E-state index contributed by atoms with van der Waals surface area (Å²) in [7, 11) is -4.10. The van der Waals surface area contributed by atoms with Crippen LogP contribution in [0.5, 0.6) is 0 Å². The fraction of sp³-hybridized carbons (Fsp3) is 0.650. The molecule has 5 atom stereocenters. The lowest BCUT2D eigenvalue weighted by Crippen LogP contribution is -2.44. The molecule has 196 valence electrons. The molecule has 2 amide bonds. The van der Waals surface area contributed by atoms with Gasteiger partial charge in [0.25, 0.3) is 0 Å². The standard InChI is InChI=1S/C20H32N5O9P/c1-5-6-8-24-11-15(22-23-24)10-21-20(29)32-12-16-18(34-35(4,30)31)17(28)19(33-16)25(14(3)27)9-7-13(2)26/h7,9,11,16-19,28H,5-6,8,10,12H2,1-4H3,(H,21,29)(H,30,31)/b9-7-/t16-,17+,18?,19-/m1/s1. The van der Waals surface area contributed by atoms with Crippen LogP contribution in [0, 0.1) is 0 Å². The summed E-state index contributed by atoms with van der Waals surface area (Å²) in [6.45, 7) is 5.73. The number of amides is 2. The fourth-order valence-corrected chi connectivity index (χ4v) is 3.93. The van der Waals surface area contributed by atoms with E-state index >= 15 is 0 Å². The minimum atomic E-state index is -4.10. The van der Waals surface area contributed by atoms with Gasteiger partial charge in [0.05, 0.1) is 12.7 Å². The van der Waals surface area contributed by atoms with Crippen molar-refractivity contribution in [1.29, 1.82) is 0 Å². The molecule has 1 aliphatic rings. The number of aliphatic hydroxyl groups excluding tert-OH is 1. The highest BCUT2D eigenvalue weighted by atomic mass is 31.2. The third-order valence-electron chi connectivity index (χ3n) is 4.85. The molecule has 1 aliphatic heterocycles. The first-order chi connectivity index (χ1) is 16.4. The Kier molecular flexibility index (Phi) is 10.5. The van der Waals surface area contributed by atoms with Gasteiger partial charge >= 0.3 is 13.7 Å². The number of carbonyl (C=O) groups is 3. The van der Waals surface area contributed by atoms with Crippen LogP contribution in [0.4, 0.5) is 4.79 Å². The van der Waals surface area contributed by atoms with Crippen molar-refractivity contribution < 1.29 is 42.9 Å². The normalized spacial score (nSPS) is 23.7. The molecule has 2 rings (SSSR count). The van der Waals surface area contributed by atoms with Gasteiger partial charge in [-0.05, 0) is 19.4 Å². The van der Waals surface area contributed by atoms with Gasteiger partial charge in [-0.15, -0.1) is 5.10 Å². The zero-order valence-corrected chi connectivity index (χ0v) is 21.0. The molecule has 1 saturated heterocycles. The minimum absolute atomic E-state index is 0.0520. The molecule has 15 heteroatoms. The maximum Gasteiger partial charge on any atom is 0.407 e. The van der Waals surface area contributed by atoms with Gasteiger partial charge in [0, 0.05) is 26.3 Å². The number of hydrogen-bond donors (Lipinski definition) is 3. The van der Waals surface area contributed by atoms with Crippen LogP contribution in [0.3, 0.4) is 0 Å². The summed E-state index contributed by atoms with van der Waals surface area (Å²) in [6.07, 6.45) is -0.486. The van der Waals surface area contributed by atoms with E-state index in [0.717, 1.165) is 36.7 Å². The lowest BCUT2D eigenvalue weighted by Gasteiger charge is -2.26. The van der Waals surface area contributed by atoms with E-state index in [1.165, 1.54) is 13.8 Å². The molecule has 3 N–H and O–H groups in total. The van der Waals surface area contributed by atoms with Crippen molar-refractivity contribution in [2.45, 2.75) is 71.2 Å². The lowest BCUT2D eigenvalue weighted by molar-refractivity contribution is -0.143. The number of nitrogens with one attached hydrogen (secondary N) is 1. The first-order valence-corrected chi connectivity index (χ1v) is 13.0. The molecule has 1 aromatic heterocycles. The van der Waals surface area contributed by atoms with E-state index in [4.69, 9.17) is 14.0 Å². The number of ether oxygens (including phenoxy) is 2. The van der Waals surface area contributed by atoms with E-state index in [9.17, 15) is 28.9 Å². The summed E-state index contributed by atoms with van der Waals surface area (Å²) in [4.78, 5) is 46.1. The molecular weight excluding hydrogens is 485 g/mol. The van der Waals surface area contributed by atoms with Crippen LogP contribution < -0.4 is 5.32 Å². The third kappa shape index (κ3) is 9.15. The highest BCUT2D eigenvalue weighted by Crippen LogP contribution is 2.43. The van der Waals surface area contributed by atoms with E-state index in [2.05, 4.69) is 22.6 Å². The molecule has 1 fully saturated rings. The second kappa shape index (κ2) is 12.9. The molecule has 0 aromatic carbocycles. The highest BCUT2D eigenvalue weighted by Gasteiger charge is 2.49. The van der Waals surface area contributed by atoms with Crippen molar-refractivity contribution in [2.75, 3.05) is 13.3 Å². The SMILES string of the molecule is CCCCn1cc(CNC(=O)OC[C@H]2O[C@@H](N(/C=C\C(C)=O)C(C)=O)[C@@H](O)C2OP(C)(=O)O)nn1. The Hall–Kier alpha value is -2.64. The Morgan fingerprint density at radius 3 is 2.69 bits per heavy atom. The van der Waals surface area contributed by atoms with Gasteiger partial charge in [-0.3, -0.25) is 28.3 Å². The van der Waals surface area contributed by atoms with Crippen molar-refractivity contribution in [3.05, 3.63) is 24.2 Å². The number of rotatable bonds is 12. The summed E-state index contributed by atoms with van der Waals surface area (Å²) in [5.74, 6) is -0.924. The maximum atomic E-state index is 12.2. The number of alkyl carbamates (subject to hydrolysis) is 1. The van der Waals surface area contributed by atoms with Crippen molar-refractivity contribution in [1.82, 2.24) is 25.2 Å². The van der Waals surface area contributed by atoms with Gasteiger partial charge in [-0.25, -0.2) is 4.79 Å². The van der Waals surface area contributed by atoms with Crippen LogP contribution in [-0.2, 0) is 41.2 Å². The topological polar surface area (TPSA) is 182 Å². The smallest absolute Gasteiger partial charge is 0.407 e. The van der Waals surface area contributed by atoms with E-state index in [0.29, 0.717) is 12.2 Å². The predicted molar refractivity (Wildman–Crippen MR) is 121 cm³/mol. The van der Waals surface area contributed by atoms with Crippen LogP contribution in [0.2, 0.25) is 0 Å². The summed E-state index contributed by atoms with van der Waals surface area (Å²) < 4.78 is 29.4. The molecule has 0 radical (unpaired) electrons. The Balaban J connectivity index is 2.02. The first-order valence-electron chi connectivity index (χ1n) is 11.0. The first kappa shape index (κ1) is 28.6. The van der Waals surface area contributed by atoms with Crippen molar-refractivity contribution >= 4 is 25.4 Å². The Morgan fingerprint density at radius 2 is 2.09 bits per heavy atom. The second-order valence-electron chi connectivity index (χ2n) is 8.06. The number of unbranched alkanes of at least 4 members (excludes halogenated alkanes) is 1. The van der Waals surface area contributed by atoms with E-state index < -0.39 is 50.7 Å². The molecular formula is C20H32N5O9P. The number of hydrogen-bond acceptors (Lipinski definition) is 10. The molecule has 35 heavy (non-hydrogen) atoms. The molecule has 14 nitrogen and oxygen atoms in total. The highest BCUT2D eigenvalue weighted by molar-refractivity contribution is 7.51. The van der Waals surface area contributed by atoms with Gasteiger partial charge in [0.15, 0.2) is 12.0 Å². The summed E-state index contributed by atoms with van der Waals surface area (Å²) >= 11 is 0. The number of ketones is 1. The Morgan fingerprint density at radius 1 is 1.37 bits per heavy atom. The maximum absolute atomic E-state index is 12.2. The number of aliphatic hydroxyl groups is 1. The van der Waals surface area contributed by atoms with Gasteiger partial charge in [0.1, 0.15) is 30.6 Å². The average molecular weight is 517 g/mol. The van der Waals surface area contributed by atoms with Gasteiger partial charge < -0.3 is 24.8 Å². The van der Waals surface area contributed by atoms with Crippen molar-refractivity contribution in [3.63, 3.8) is 0 Å². The number of aryl methyl sites for hydroxylation is 1. The van der Waals surface area contributed by atoms with Crippen LogP contribution in [0.1, 0.15) is 39.3 Å². The lowest BCUT2D eigenvalue weighted by atomic mass is 10.1. The second-order valence-corrected chi connectivity index (χ2v) is 9.88. The molecule has 2 heterocycles. The summed E-state index contributed by atoms with van der Waals surface area (Å²) in [5, 5.41) is 21.1. The van der Waals surface area contributed by atoms with Crippen molar-refractivity contribution in [3.8, 4) is 0 Å². The predicted octanol–water partition coefficient (Wildman–Crippen LogP) is 0.542. The number of allylic oxidation sites excluding steroid dienone is 1. The zero-order chi connectivity index (χ0) is 26.2. The number of nitrogens with zero attached hydrogens (tertiary/aromatic N) is 4. The Labute approximate surface area is 202 Å². The Bertz CT molecular complexity index is 963. The quantitative estimate of drug-likeness (QED) is 0.260. The third-order valence-corrected chi connectivity index (χ3v) is 5.49. The largest absolute Gasteiger partial charge is 0.447 e. The van der Waals surface area contributed by atoms with Gasteiger partial charge in [0.2, 0.25) is 5.91 Å². The van der Waals surface area contributed by atoms with Crippen LogP contribution in [0.15, 0.2) is 18.5 Å². The molecule has 0 bridgehead atoms. The zero-order valence-electron chi connectivity index (χ0n) is 20.1. The monoisotopic (exact) mass is 517 g/mol. The van der Waals surface area contributed by atoms with Crippen LogP contribution in [0.25, 0.3) is 0 Å². The minimum Gasteiger partial charge on any atom is -0.447 e. The fourth-order valence-electron chi connectivity index (χ4n) is 3.21. The average Bonchev–Trinajstić information content (AvgIpc) is 3.33. The number of carbonyl (C=O) groups excluding carboxylic acids is 3. The van der Waals surface area contributed by atoms with Crippen LogP contribution >= 0.6 is 7.60 Å². The van der Waals surface area contributed by atoms with E-state index in [-0.39, 0.29) is 12.3 Å². The molecule has 0 aliphatic carbocycles. The summed E-state index contributed by atoms with van der Waals surface area (Å²) in [6, 6.07) is 0. The molecule has 2 unspecified atom stereocenters. The van der Waals surface area contributed by atoms with E-state index in [1.807, 2.05) is 0 Å². The van der Waals surface area contributed by atoms with Crippen molar-refractivity contribution in [2.24, 2.45) is 0 Å². The van der Waals surface area contributed by atoms with Gasteiger partial charge in [-0.1, -0.05) is 18.6 Å².